The van der Waals surface area contributed by atoms with Crippen LogP contribution in [0, 0.1) is 6.92 Å². The Labute approximate surface area is 185 Å². The van der Waals surface area contributed by atoms with E-state index in [9.17, 15) is 4.79 Å². The molecule has 162 valence electrons. The first-order chi connectivity index (χ1) is 15.7. The third-order valence-electron chi connectivity index (χ3n) is 5.33. The number of amides is 2. The fraction of sp³-hybridized carbons (Fsp3) is 0.217. The van der Waals surface area contributed by atoms with Crippen LogP contribution in [0.1, 0.15) is 5.69 Å². The van der Waals surface area contributed by atoms with Crippen molar-refractivity contribution >= 4 is 28.7 Å². The van der Waals surface area contributed by atoms with Gasteiger partial charge in [-0.25, -0.2) is 14.3 Å². The number of carbonyl (C=O) groups excluding carboxylic acids is 1. The average Bonchev–Trinajstić information content (AvgIpc) is 3.21. The molecule has 0 unspecified atom stereocenters. The Morgan fingerprint density at radius 1 is 1.03 bits per heavy atom. The highest BCUT2D eigenvalue weighted by atomic mass is 16.5. The second-order valence-electron chi connectivity index (χ2n) is 7.55. The van der Waals surface area contributed by atoms with Gasteiger partial charge in [0.15, 0.2) is 5.65 Å². The van der Waals surface area contributed by atoms with Gasteiger partial charge in [-0.3, -0.25) is 4.98 Å². The summed E-state index contributed by atoms with van der Waals surface area (Å²) in [5.41, 5.74) is 5.97. The van der Waals surface area contributed by atoms with Crippen molar-refractivity contribution in [3.63, 3.8) is 0 Å². The summed E-state index contributed by atoms with van der Waals surface area (Å²) in [6.07, 6.45) is 5.08. The predicted molar refractivity (Wildman–Crippen MR) is 123 cm³/mol. The van der Waals surface area contributed by atoms with Gasteiger partial charge in [-0.1, -0.05) is 12.1 Å². The van der Waals surface area contributed by atoms with Crippen LogP contribution in [0.3, 0.4) is 0 Å². The van der Waals surface area contributed by atoms with Crippen molar-refractivity contribution in [3.8, 4) is 11.3 Å². The lowest BCUT2D eigenvalue weighted by Crippen LogP contribution is -2.36. The third kappa shape index (κ3) is 4.10. The maximum atomic E-state index is 12.2. The second kappa shape index (κ2) is 8.64. The second-order valence-corrected chi connectivity index (χ2v) is 7.55. The Morgan fingerprint density at radius 2 is 1.81 bits per heavy atom. The van der Waals surface area contributed by atoms with Crippen LogP contribution in [0.15, 0.2) is 61.1 Å². The van der Waals surface area contributed by atoms with Crippen LogP contribution in [-0.4, -0.2) is 51.9 Å². The molecule has 3 aromatic heterocycles. The van der Waals surface area contributed by atoms with Crippen molar-refractivity contribution < 1.29 is 9.53 Å². The first kappa shape index (κ1) is 20.0. The summed E-state index contributed by atoms with van der Waals surface area (Å²) < 4.78 is 7.39. The van der Waals surface area contributed by atoms with Gasteiger partial charge in [0.2, 0.25) is 0 Å². The molecule has 4 aromatic rings. The predicted octanol–water partition coefficient (Wildman–Crippen LogP) is 3.58. The van der Waals surface area contributed by atoms with Gasteiger partial charge in [-0.05, 0) is 37.3 Å². The number of nitrogens with one attached hydrogen (secondary N) is 2. The van der Waals surface area contributed by atoms with E-state index in [1.807, 2.05) is 41.9 Å². The fourth-order valence-corrected chi connectivity index (χ4v) is 3.69. The van der Waals surface area contributed by atoms with E-state index in [4.69, 9.17) is 9.84 Å². The summed E-state index contributed by atoms with van der Waals surface area (Å²) in [5.74, 6) is 0. The van der Waals surface area contributed by atoms with Crippen molar-refractivity contribution in [2.24, 2.45) is 0 Å². The zero-order valence-electron chi connectivity index (χ0n) is 17.7. The largest absolute Gasteiger partial charge is 0.378 e. The molecule has 9 nitrogen and oxygen atoms in total. The van der Waals surface area contributed by atoms with Crippen LogP contribution in [0.25, 0.3) is 16.9 Å². The number of imidazole rings is 1. The number of pyridine rings is 1. The number of rotatable bonds is 4. The fourth-order valence-electron chi connectivity index (χ4n) is 3.69. The number of hydrogen-bond donors (Lipinski definition) is 2. The molecular formula is C23H23N7O2. The smallest absolute Gasteiger partial charge is 0.323 e. The van der Waals surface area contributed by atoms with Crippen LogP contribution < -0.4 is 15.5 Å². The molecule has 0 radical (unpaired) electrons. The van der Waals surface area contributed by atoms with E-state index in [1.165, 1.54) is 0 Å². The lowest BCUT2D eigenvalue weighted by Gasteiger charge is -2.29. The Hall–Kier alpha value is -3.98. The number of fused-ring (bicyclic) bond motifs is 1. The van der Waals surface area contributed by atoms with Gasteiger partial charge in [0.05, 0.1) is 48.4 Å². The molecule has 9 heteroatoms. The molecular weight excluding hydrogens is 406 g/mol. The number of anilines is 3. The monoisotopic (exact) mass is 429 g/mol. The SMILES string of the molecule is Cc1cnc2c(N3CCOCC3)cc(-c3ccc(NC(=O)Nc4cccnc4)cc3)nn12. The van der Waals surface area contributed by atoms with Crippen LogP contribution in [0.2, 0.25) is 0 Å². The number of aromatic nitrogens is 4. The van der Waals surface area contributed by atoms with Crippen LogP contribution in [-0.2, 0) is 4.74 Å². The summed E-state index contributed by atoms with van der Waals surface area (Å²) >= 11 is 0. The van der Waals surface area contributed by atoms with Crippen LogP contribution in [0.4, 0.5) is 21.9 Å². The van der Waals surface area contributed by atoms with Crippen LogP contribution in [0.5, 0.6) is 0 Å². The van der Waals surface area contributed by atoms with Crippen LogP contribution >= 0.6 is 0 Å². The maximum Gasteiger partial charge on any atom is 0.323 e. The number of urea groups is 1. The number of ether oxygens (including phenoxy) is 1. The lowest BCUT2D eigenvalue weighted by molar-refractivity contribution is 0.123. The molecule has 1 fully saturated rings. The van der Waals surface area contributed by atoms with E-state index in [1.54, 1.807) is 24.5 Å². The number of morpholine rings is 1. The molecule has 0 saturated carbocycles. The molecule has 1 aromatic carbocycles. The van der Waals surface area contributed by atoms with E-state index in [0.717, 1.165) is 41.4 Å². The standard InChI is InChI=1S/C23H23N7O2/c1-16-14-25-22-21(29-9-11-32-12-10-29)13-20(28-30(16)22)17-4-6-18(7-5-17)26-23(31)27-19-3-2-8-24-15-19/h2-8,13-15H,9-12H2,1H3,(H2,26,27,31). The Morgan fingerprint density at radius 3 is 2.56 bits per heavy atom. The summed E-state index contributed by atoms with van der Waals surface area (Å²) in [7, 11) is 0. The molecule has 2 amide bonds. The minimum atomic E-state index is -0.325. The average molecular weight is 429 g/mol. The molecule has 0 aliphatic carbocycles. The summed E-state index contributed by atoms with van der Waals surface area (Å²) in [6, 6.07) is 12.9. The van der Waals surface area contributed by atoms with E-state index >= 15 is 0 Å². The van der Waals surface area contributed by atoms with Crippen molar-refractivity contribution in [2.45, 2.75) is 6.92 Å². The van der Waals surface area contributed by atoms with E-state index in [0.29, 0.717) is 24.6 Å². The third-order valence-corrected chi connectivity index (χ3v) is 5.33. The number of nitrogens with zero attached hydrogens (tertiary/aromatic N) is 5. The minimum absolute atomic E-state index is 0.325. The molecule has 0 atom stereocenters. The molecule has 4 heterocycles. The highest BCUT2D eigenvalue weighted by Gasteiger charge is 2.18. The number of aryl methyl sites for hydroxylation is 1. The maximum absolute atomic E-state index is 12.2. The normalized spacial score (nSPS) is 13.8. The zero-order valence-corrected chi connectivity index (χ0v) is 17.7. The molecule has 1 aliphatic heterocycles. The first-order valence-electron chi connectivity index (χ1n) is 10.4. The quantitative estimate of drug-likeness (QED) is 0.515. The Kier molecular flexibility index (Phi) is 5.39. The summed E-state index contributed by atoms with van der Waals surface area (Å²) in [6.45, 7) is 5.03. The minimum Gasteiger partial charge on any atom is -0.378 e. The molecule has 32 heavy (non-hydrogen) atoms. The van der Waals surface area contributed by atoms with Crippen molar-refractivity contribution in [3.05, 3.63) is 66.7 Å². The first-order valence-corrected chi connectivity index (χ1v) is 10.4. The van der Waals surface area contributed by atoms with Gasteiger partial charge in [-0.15, -0.1) is 0 Å². The molecule has 0 bridgehead atoms. The molecule has 5 rings (SSSR count). The van der Waals surface area contributed by atoms with Crippen molar-refractivity contribution in [2.75, 3.05) is 41.8 Å². The zero-order chi connectivity index (χ0) is 21.9. The summed E-state index contributed by atoms with van der Waals surface area (Å²) in [4.78, 5) is 23.1. The molecule has 0 spiro atoms. The molecule has 2 N–H and O–H groups in total. The highest BCUT2D eigenvalue weighted by Crippen LogP contribution is 2.28. The van der Waals surface area contributed by atoms with Crippen molar-refractivity contribution in [1.29, 1.82) is 0 Å². The number of benzene rings is 1. The van der Waals surface area contributed by atoms with Gasteiger partial charge in [0.1, 0.15) is 0 Å². The van der Waals surface area contributed by atoms with Gasteiger partial charge < -0.3 is 20.3 Å². The molecule has 1 aliphatic rings. The molecule has 1 saturated heterocycles. The Balaban J connectivity index is 1.39. The van der Waals surface area contributed by atoms with E-state index in [2.05, 4.69) is 31.6 Å². The number of carbonyl (C=O) groups is 1. The number of hydrogen-bond acceptors (Lipinski definition) is 6. The Bertz CT molecular complexity index is 1230. The van der Waals surface area contributed by atoms with E-state index in [-0.39, 0.29) is 6.03 Å². The van der Waals surface area contributed by atoms with Gasteiger partial charge in [0, 0.05) is 30.5 Å². The highest BCUT2D eigenvalue weighted by molar-refractivity contribution is 5.99. The lowest BCUT2D eigenvalue weighted by atomic mass is 10.1. The van der Waals surface area contributed by atoms with E-state index < -0.39 is 0 Å². The van der Waals surface area contributed by atoms with Gasteiger partial charge >= 0.3 is 6.03 Å². The van der Waals surface area contributed by atoms with Gasteiger partial charge in [0.25, 0.3) is 0 Å². The topological polar surface area (TPSA) is 96.7 Å². The van der Waals surface area contributed by atoms with Gasteiger partial charge in [-0.2, -0.15) is 5.10 Å². The summed E-state index contributed by atoms with van der Waals surface area (Å²) in [5, 5.41) is 10.4. The van der Waals surface area contributed by atoms with Crippen molar-refractivity contribution in [1.82, 2.24) is 19.6 Å².